The van der Waals surface area contributed by atoms with Crippen LogP contribution in [0.4, 0.5) is 5.69 Å². The van der Waals surface area contributed by atoms with Gasteiger partial charge in [-0.25, -0.2) is 0 Å². The number of hydrogen-bond acceptors (Lipinski definition) is 4. The highest BCUT2D eigenvalue weighted by Gasteiger charge is 2.24. The molecule has 0 radical (unpaired) electrons. The van der Waals surface area contributed by atoms with E-state index >= 15 is 0 Å². The Morgan fingerprint density at radius 1 is 1.45 bits per heavy atom. The van der Waals surface area contributed by atoms with Crippen molar-refractivity contribution >= 4 is 27.5 Å². The minimum Gasteiger partial charge on any atom is -0.388 e. The fourth-order valence-corrected chi connectivity index (χ4v) is 2.07. The summed E-state index contributed by atoms with van der Waals surface area (Å²) >= 11 is 3.19. The van der Waals surface area contributed by atoms with Gasteiger partial charge < -0.3 is 10.4 Å². The highest BCUT2D eigenvalue weighted by molar-refractivity contribution is 9.10. The van der Waals surface area contributed by atoms with Gasteiger partial charge in [-0.2, -0.15) is 0 Å². The van der Waals surface area contributed by atoms with E-state index in [1.54, 1.807) is 0 Å². The Morgan fingerprint density at radius 2 is 2.05 bits per heavy atom. The van der Waals surface area contributed by atoms with Crippen molar-refractivity contribution in [2.75, 3.05) is 6.54 Å². The van der Waals surface area contributed by atoms with Gasteiger partial charge in [-0.3, -0.25) is 14.9 Å². The average molecular weight is 345 g/mol. The van der Waals surface area contributed by atoms with E-state index in [-0.39, 0.29) is 17.8 Å². The fraction of sp³-hybridized carbons (Fsp3) is 0.462. The van der Waals surface area contributed by atoms with Gasteiger partial charge >= 0.3 is 0 Å². The first-order valence-electron chi connectivity index (χ1n) is 6.27. The third-order valence-electron chi connectivity index (χ3n) is 3.30. The number of nitro benzene ring substituents is 1. The highest BCUT2D eigenvalue weighted by Crippen LogP contribution is 2.22. The molecule has 110 valence electrons. The summed E-state index contributed by atoms with van der Waals surface area (Å²) in [4.78, 5) is 22.2. The lowest BCUT2D eigenvalue weighted by Crippen LogP contribution is -2.42. The average Bonchev–Trinajstić information content (AvgIpc) is 2.44. The molecule has 2 N–H and O–H groups in total. The summed E-state index contributed by atoms with van der Waals surface area (Å²) < 4.78 is 0.470. The number of carbonyl (C=O) groups is 1. The number of non-ortho nitro benzene ring substituents is 1. The van der Waals surface area contributed by atoms with E-state index in [2.05, 4.69) is 21.2 Å². The second kappa shape index (κ2) is 6.81. The van der Waals surface area contributed by atoms with Gasteiger partial charge in [-0.15, -0.1) is 0 Å². The predicted molar refractivity (Wildman–Crippen MR) is 78.7 cm³/mol. The SMILES string of the molecule is CCC(O)(CC)CNC(=O)c1cc([N+](=O)[O-])ccc1Br. The highest BCUT2D eigenvalue weighted by atomic mass is 79.9. The Labute approximate surface area is 125 Å². The lowest BCUT2D eigenvalue weighted by atomic mass is 9.97. The summed E-state index contributed by atoms with van der Waals surface area (Å²) in [6.07, 6.45) is 1.03. The number of nitro groups is 1. The van der Waals surface area contributed by atoms with Crippen molar-refractivity contribution in [1.82, 2.24) is 5.32 Å². The van der Waals surface area contributed by atoms with E-state index < -0.39 is 16.4 Å². The van der Waals surface area contributed by atoms with Gasteiger partial charge in [0.15, 0.2) is 0 Å². The van der Waals surface area contributed by atoms with Crippen LogP contribution in [0, 0.1) is 10.1 Å². The number of halogens is 1. The molecule has 6 nitrogen and oxygen atoms in total. The summed E-state index contributed by atoms with van der Waals surface area (Å²) in [5.74, 6) is -0.457. The molecule has 0 aliphatic carbocycles. The van der Waals surface area contributed by atoms with Crippen molar-refractivity contribution in [3.63, 3.8) is 0 Å². The second-order valence-corrected chi connectivity index (χ2v) is 5.39. The molecule has 1 aromatic rings. The molecule has 1 aromatic carbocycles. The molecule has 0 spiro atoms. The quantitative estimate of drug-likeness (QED) is 0.612. The minimum atomic E-state index is -0.956. The van der Waals surface area contributed by atoms with Crippen LogP contribution in [0.5, 0.6) is 0 Å². The van der Waals surface area contributed by atoms with E-state index in [0.717, 1.165) is 0 Å². The van der Waals surface area contributed by atoms with Gasteiger partial charge in [0.25, 0.3) is 11.6 Å². The van der Waals surface area contributed by atoms with E-state index in [1.165, 1.54) is 18.2 Å². The molecular formula is C13H17BrN2O4. The molecule has 0 fully saturated rings. The Bertz CT molecular complexity index is 515. The van der Waals surface area contributed by atoms with Crippen molar-refractivity contribution in [3.05, 3.63) is 38.3 Å². The summed E-state index contributed by atoms with van der Waals surface area (Å²) in [7, 11) is 0. The first-order valence-corrected chi connectivity index (χ1v) is 7.06. The van der Waals surface area contributed by atoms with E-state index in [4.69, 9.17) is 0 Å². The normalized spacial score (nSPS) is 11.2. The van der Waals surface area contributed by atoms with Crippen LogP contribution < -0.4 is 5.32 Å². The summed E-state index contributed by atoms with van der Waals surface area (Å²) in [5, 5.41) is 23.4. The number of aliphatic hydroxyl groups is 1. The summed E-state index contributed by atoms with van der Waals surface area (Å²) in [6, 6.07) is 3.98. The third kappa shape index (κ3) is 4.01. The molecule has 0 saturated heterocycles. The molecule has 0 saturated carbocycles. The molecule has 0 heterocycles. The molecule has 20 heavy (non-hydrogen) atoms. The van der Waals surface area contributed by atoms with Crippen LogP contribution in [0.15, 0.2) is 22.7 Å². The van der Waals surface area contributed by atoms with Crippen LogP contribution in [0.25, 0.3) is 0 Å². The van der Waals surface area contributed by atoms with Crippen molar-refractivity contribution in [1.29, 1.82) is 0 Å². The molecule has 0 unspecified atom stereocenters. The van der Waals surface area contributed by atoms with E-state index in [1.807, 2.05) is 13.8 Å². The number of benzene rings is 1. The lowest BCUT2D eigenvalue weighted by molar-refractivity contribution is -0.384. The van der Waals surface area contributed by atoms with Crippen molar-refractivity contribution < 1.29 is 14.8 Å². The van der Waals surface area contributed by atoms with Crippen LogP contribution in [0.3, 0.4) is 0 Å². The number of nitrogens with zero attached hydrogens (tertiary/aromatic N) is 1. The molecule has 1 rings (SSSR count). The maximum atomic E-state index is 12.0. The van der Waals surface area contributed by atoms with E-state index in [0.29, 0.717) is 17.3 Å². The largest absolute Gasteiger partial charge is 0.388 e. The second-order valence-electron chi connectivity index (χ2n) is 4.54. The third-order valence-corrected chi connectivity index (χ3v) is 3.99. The number of amides is 1. The van der Waals surface area contributed by atoms with Gasteiger partial charge in [-0.1, -0.05) is 13.8 Å². The first-order chi connectivity index (χ1) is 9.33. The first kappa shape index (κ1) is 16.6. The van der Waals surface area contributed by atoms with Crippen molar-refractivity contribution in [2.45, 2.75) is 32.3 Å². The summed E-state index contributed by atoms with van der Waals surface area (Å²) in [5.41, 5.74) is -0.934. The zero-order valence-electron chi connectivity index (χ0n) is 11.4. The van der Waals surface area contributed by atoms with Gasteiger partial charge in [0.05, 0.1) is 16.1 Å². The molecule has 0 atom stereocenters. The Morgan fingerprint density at radius 3 is 2.55 bits per heavy atom. The topological polar surface area (TPSA) is 92.5 Å². The van der Waals surface area contributed by atoms with Gasteiger partial charge in [0.1, 0.15) is 0 Å². The molecule has 1 amide bonds. The maximum absolute atomic E-state index is 12.0. The Hall–Kier alpha value is -1.47. The molecule has 0 bridgehead atoms. The van der Waals surface area contributed by atoms with Crippen LogP contribution >= 0.6 is 15.9 Å². The van der Waals surface area contributed by atoms with Crippen molar-refractivity contribution in [2.24, 2.45) is 0 Å². The molecular weight excluding hydrogens is 328 g/mol. The number of hydrogen-bond donors (Lipinski definition) is 2. The number of rotatable bonds is 6. The standard InChI is InChI=1S/C13H17BrN2O4/c1-3-13(18,4-2)8-15-12(17)10-7-9(16(19)20)5-6-11(10)14/h5-7,18H,3-4,8H2,1-2H3,(H,15,17). The van der Waals surface area contributed by atoms with Crippen LogP contribution in [0.1, 0.15) is 37.0 Å². The number of nitrogens with one attached hydrogen (secondary N) is 1. The Balaban J connectivity index is 2.87. The van der Waals surface area contributed by atoms with Gasteiger partial charge in [0, 0.05) is 23.2 Å². The predicted octanol–water partition coefficient (Wildman–Crippen LogP) is 2.64. The van der Waals surface area contributed by atoms with Gasteiger partial charge in [-0.05, 0) is 34.8 Å². The van der Waals surface area contributed by atoms with E-state index in [9.17, 15) is 20.0 Å². The fourth-order valence-electron chi connectivity index (χ4n) is 1.64. The molecule has 0 aliphatic rings. The Kier molecular flexibility index (Phi) is 5.64. The van der Waals surface area contributed by atoms with Crippen LogP contribution in [-0.4, -0.2) is 28.1 Å². The minimum absolute atomic E-state index is 0.105. The summed E-state index contributed by atoms with van der Waals surface area (Å²) in [6.45, 7) is 3.77. The monoisotopic (exact) mass is 344 g/mol. The number of carbonyl (C=O) groups excluding carboxylic acids is 1. The smallest absolute Gasteiger partial charge is 0.270 e. The zero-order valence-corrected chi connectivity index (χ0v) is 12.9. The lowest BCUT2D eigenvalue weighted by Gasteiger charge is -2.25. The van der Waals surface area contributed by atoms with Crippen LogP contribution in [0.2, 0.25) is 0 Å². The maximum Gasteiger partial charge on any atom is 0.270 e. The van der Waals surface area contributed by atoms with Gasteiger partial charge in [0.2, 0.25) is 0 Å². The molecule has 0 aromatic heterocycles. The van der Waals surface area contributed by atoms with Crippen molar-refractivity contribution in [3.8, 4) is 0 Å². The molecule has 7 heteroatoms. The zero-order chi connectivity index (χ0) is 15.3. The van der Waals surface area contributed by atoms with Crippen LogP contribution in [-0.2, 0) is 0 Å². The molecule has 0 aliphatic heterocycles.